The molecular weight excluding hydrogens is 390 g/mol. The van der Waals surface area contributed by atoms with Crippen molar-refractivity contribution in [2.75, 3.05) is 24.3 Å². The van der Waals surface area contributed by atoms with E-state index in [1.54, 1.807) is 0 Å². The van der Waals surface area contributed by atoms with E-state index in [2.05, 4.69) is 60.8 Å². The Morgan fingerprint density at radius 1 is 1.15 bits per heavy atom. The molecule has 0 bridgehead atoms. The Labute approximate surface area is 164 Å². The lowest BCUT2D eigenvalue weighted by Crippen LogP contribution is -2.37. The second-order valence-corrected chi connectivity index (χ2v) is 8.21. The van der Waals surface area contributed by atoms with Crippen LogP contribution in [0, 0.1) is 6.92 Å². The van der Waals surface area contributed by atoms with Crippen molar-refractivity contribution in [3.8, 4) is 0 Å². The molecule has 1 saturated carbocycles. The molecule has 1 aliphatic carbocycles. The Kier molecular flexibility index (Phi) is 6.48. The molecule has 1 aliphatic rings. The molecule has 6 heteroatoms. The first-order valence-corrected chi connectivity index (χ1v) is 10.1. The monoisotopic (exact) mass is 417 g/mol. The summed E-state index contributed by atoms with van der Waals surface area (Å²) in [5.74, 6) is 1.72. The van der Waals surface area contributed by atoms with Gasteiger partial charge in [0.1, 0.15) is 5.82 Å². The summed E-state index contributed by atoms with van der Waals surface area (Å²) in [7, 11) is 4.03. The van der Waals surface area contributed by atoms with E-state index in [1.165, 1.54) is 18.4 Å². The molecule has 26 heavy (non-hydrogen) atoms. The average molecular weight is 418 g/mol. The summed E-state index contributed by atoms with van der Waals surface area (Å²) in [6.07, 6.45) is 6.54. The second kappa shape index (κ2) is 8.82. The van der Waals surface area contributed by atoms with Crippen LogP contribution in [0.2, 0.25) is 0 Å². The number of hydrogen-bond donors (Lipinski definition) is 2. The van der Waals surface area contributed by atoms with Gasteiger partial charge >= 0.3 is 0 Å². The van der Waals surface area contributed by atoms with Crippen molar-refractivity contribution in [2.45, 2.75) is 51.2 Å². The maximum atomic E-state index is 4.65. The number of nitrogens with zero attached hydrogens (tertiary/aromatic N) is 3. The van der Waals surface area contributed by atoms with Gasteiger partial charge in [-0.2, -0.15) is 4.98 Å². The summed E-state index contributed by atoms with van der Waals surface area (Å²) in [4.78, 5) is 11.1. The lowest BCUT2D eigenvalue weighted by atomic mass is 9.91. The molecule has 3 rings (SSSR count). The van der Waals surface area contributed by atoms with Crippen LogP contribution in [0.4, 0.5) is 11.8 Å². The standard InChI is InChI=1S/C20H28BrN5/c1-14-12-23-20(25-19(14)26(2)3)24-18-9-7-17(8-10-18)22-13-15-5-4-6-16(21)11-15/h4-6,11-12,17-18,22H,7-10,13H2,1-3H3,(H,23,24,25)/t17-,18+. The van der Waals surface area contributed by atoms with Gasteiger partial charge in [-0.1, -0.05) is 28.1 Å². The minimum absolute atomic E-state index is 0.455. The normalized spacial score (nSPS) is 20.0. The molecule has 1 aromatic heterocycles. The first kappa shape index (κ1) is 19.1. The molecule has 5 nitrogen and oxygen atoms in total. The SMILES string of the molecule is Cc1cnc(N[C@H]2CC[C@@H](NCc3cccc(Br)c3)CC2)nc1N(C)C. The van der Waals surface area contributed by atoms with Crippen LogP contribution in [-0.4, -0.2) is 36.1 Å². The van der Waals surface area contributed by atoms with E-state index >= 15 is 0 Å². The van der Waals surface area contributed by atoms with Gasteiger partial charge in [0.25, 0.3) is 0 Å². The van der Waals surface area contributed by atoms with Crippen molar-refractivity contribution in [1.29, 1.82) is 0 Å². The molecule has 140 valence electrons. The van der Waals surface area contributed by atoms with Crippen molar-refractivity contribution in [3.63, 3.8) is 0 Å². The molecule has 0 amide bonds. The van der Waals surface area contributed by atoms with E-state index < -0.39 is 0 Å². The van der Waals surface area contributed by atoms with Gasteiger partial charge in [0.05, 0.1) is 0 Å². The first-order chi connectivity index (χ1) is 12.5. The third kappa shape index (κ3) is 5.17. The molecule has 2 aromatic rings. The van der Waals surface area contributed by atoms with Crippen LogP contribution < -0.4 is 15.5 Å². The summed E-state index contributed by atoms with van der Waals surface area (Å²) in [6, 6.07) is 9.54. The minimum Gasteiger partial charge on any atom is -0.362 e. The minimum atomic E-state index is 0.455. The number of hydrogen-bond acceptors (Lipinski definition) is 5. The summed E-state index contributed by atoms with van der Waals surface area (Å²) >= 11 is 3.53. The summed E-state index contributed by atoms with van der Waals surface area (Å²) < 4.78 is 1.14. The van der Waals surface area contributed by atoms with Crippen LogP contribution in [0.15, 0.2) is 34.9 Å². The Morgan fingerprint density at radius 2 is 1.88 bits per heavy atom. The van der Waals surface area contributed by atoms with Crippen molar-refractivity contribution in [3.05, 3.63) is 46.1 Å². The Morgan fingerprint density at radius 3 is 2.58 bits per heavy atom. The number of halogens is 1. The highest BCUT2D eigenvalue weighted by molar-refractivity contribution is 9.10. The van der Waals surface area contributed by atoms with Crippen LogP contribution in [0.5, 0.6) is 0 Å². The van der Waals surface area contributed by atoms with E-state index in [1.807, 2.05) is 32.1 Å². The Hall–Kier alpha value is -1.66. The van der Waals surface area contributed by atoms with Crippen LogP contribution in [0.3, 0.4) is 0 Å². The number of nitrogens with one attached hydrogen (secondary N) is 2. The molecule has 2 N–H and O–H groups in total. The highest BCUT2D eigenvalue weighted by Crippen LogP contribution is 2.23. The topological polar surface area (TPSA) is 53.1 Å². The van der Waals surface area contributed by atoms with Gasteiger partial charge in [0, 0.05) is 49.0 Å². The highest BCUT2D eigenvalue weighted by atomic mass is 79.9. The highest BCUT2D eigenvalue weighted by Gasteiger charge is 2.21. The molecular formula is C20H28BrN5. The van der Waals surface area contributed by atoms with Crippen LogP contribution in [-0.2, 0) is 6.54 Å². The zero-order valence-corrected chi connectivity index (χ0v) is 17.4. The van der Waals surface area contributed by atoms with E-state index in [0.29, 0.717) is 12.1 Å². The number of aromatic nitrogens is 2. The number of benzene rings is 1. The van der Waals surface area contributed by atoms with E-state index in [-0.39, 0.29) is 0 Å². The molecule has 1 fully saturated rings. The van der Waals surface area contributed by atoms with E-state index in [0.717, 1.165) is 41.2 Å². The third-order valence-corrected chi connectivity index (χ3v) is 5.41. The van der Waals surface area contributed by atoms with Crippen molar-refractivity contribution >= 4 is 27.7 Å². The lowest BCUT2D eigenvalue weighted by molar-refractivity contribution is 0.352. The molecule has 0 saturated heterocycles. The van der Waals surface area contributed by atoms with Crippen LogP contribution in [0.25, 0.3) is 0 Å². The predicted molar refractivity (Wildman–Crippen MR) is 112 cm³/mol. The maximum absolute atomic E-state index is 4.65. The maximum Gasteiger partial charge on any atom is 0.224 e. The van der Waals surface area contributed by atoms with Crippen LogP contribution >= 0.6 is 15.9 Å². The zero-order valence-electron chi connectivity index (χ0n) is 15.8. The molecule has 1 aromatic carbocycles. The zero-order chi connectivity index (χ0) is 18.5. The third-order valence-electron chi connectivity index (χ3n) is 4.91. The molecule has 0 atom stereocenters. The van der Waals surface area contributed by atoms with Crippen molar-refractivity contribution < 1.29 is 0 Å². The van der Waals surface area contributed by atoms with Gasteiger partial charge in [-0.05, 0) is 50.3 Å². The lowest BCUT2D eigenvalue weighted by Gasteiger charge is -2.30. The predicted octanol–water partition coefficient (Wildman–Crippen LogP) is 4.13. The molecule has 1 heterocycles. The van der Waals surface area contributed by atoms with Gasteiger partial charge in [0.15, 0.2) is 0 Å². The summed E-state index contributed by atoms with van der Waals surface area (Å²) in [6.45, 7) is 2.97. The largest absolute Gasteiger partial charge is 0.362 e. The Bertz CT molecular complexity index is 726. The number of rotatable bonds is 6. The second-order valence-electron chi connectivity index (χ2n) is 7.30. The molecule has 0 radical (unpaired) electrons. The first-order valence-electron chi connectivity index (χ1n) is 9.26. The van der Waals surface area contributed by atoms with Gasteiger partial charge in [-0.25, -0.2) is 4.98 Å². The fourth-order valence-electron chi connectivity index (χ4n) is 3.49. The van der Waals surface area contributed by atoms with E-state index in [9.17, 15) is 0 Å². The molecule has 0 unspecified atom stereocenters. The van der Waals surface area contributed by atoms with Gasteiger partial charge in [-0.15, -0.1) is 0 Å². The molecule has 0 aliphatic heterocycles. The fraction of sp³-hybridized carbons (Fsp3) is 0.500. The number of aryl methyl sites for hydroxylation is 1. The fourth-order valence-corrected chi connectivity index (χ4v) is 3.94. The summed E-state index contributed by atoms with van der Waals surface area (Å²) in [5.41, 5.74) is 2.42. The van der Waals surface area contributed by atoms with Gasteiger partial charge < -0.3 is 15.5 Å². The summed E-state index contributed by atoms with van der Waals surface area (Å²) in [5, 5.41) is 7.22. The quantitative estimate of drug-likeness (QED) is 0.739. The van der Waals surface area contributed by atoms with Crippen molar-refractivity contribution in [1.82, 2.24) is 15.3 Å². The number of anilines is 2. The van der Waals surface area contributed by atoms with Crippen LogP contribution in [0.1, 0.15) is 36.8 Å². The van der Waals surface area contributed by atoms with Crippen molar-refractivity contribution in [2.24, 2.45) is 0 Å². The molecule has 0 spiro atoms. The van der Waals surface area contributed by atoms with E-state index in [4.69, 9.17) is 0 Å². The Balaban J connectivity index is 1.47. The van der Waals surface area contributed by atoms with Gasteiger partial charge in [-0.3, -0.25) is 0 Å². The van der Waals surface area contributed by atoms with Gasteiger partial charge in [0.2, 0.25) is 5.95 Å². The smallest absolute Gasteiger partial charge is 0.224 e. The average Bonchev–Trinajstić information content (AvgIpc) is 2.62.